The fraction of sp³-hybridized carbons (Fsp3) is 0.308. The van der Waals surface area contributed by atoms with E-state index in [1.165, 1.54) is 0 Å². The molecule has 0 bridgehead atoms. The van der Waals surface area contributed by atoms with Crippen molar-refractivity contribution in [3.63, 3.8) is 0 Å². The molecule has 0 spiro atoms. The number of anilines is 2. The molecule has 0 atom stereocenters. The molecule has 1 aromatic carbocycles. The van der Waals surface area contributed by atoms with Gasteiger partial charge in [0.2, 0.25) is 0 Å². The van der Waals surface area contributed by atoms with Gasteiger partial charge in [-0.15, -0.1) is 6.58 Å². The van der Waals surface area contributed by atoms with Gasteiger partial charge in [0, 0.05) is 6.54 Å². The van der Waals surface area contributed by atoms with Gasteiger partial charge < -0.3 is 15.8 Å². The molecular weight excluding hydrogens is 216 g/mol. The molecule has 0 amide bonds. The van der Waals surface area contributed by atoms with Crippen LogP contribution in [0, 0.1) is 0 Å². The second-order valence-electron chi connectivity index (χ2n) is 3.93. The molecule has 0 aromatic heterocycles. The van der Waals surface area contributed by atoms with Gasteiger partial charge in [0.15, 0.2) is 0 Å². The molecule has 0 aliphatic carbocycles. The van der Waals surface area contributed by atoms with E-state index in [0.717, 1.165) is 5.69 Å². The monoisotopic (exact) mass is 234 g/mol. The summed E-state index contributed by atoms with van der Waals surface area (Å²) in [5.41, 5.74) is 7.59. The van der Waals surface area contributed by atoms with Crippen molar-refractivity contribution >= 4 is 17.3 Å². The molecule has 0 aliphatic heterocycles. The molecule has 0 saturated heterocycles. The number of carbonyl (C=O) groups excluding carboxylic acids is 1. The summed E-state index contributed by atoms with van der Waals surface area (Å²) >= 11 is 0. The predicted octanol–water partition coefficient (Wildman–Crippen LogP) is 2.43. The Morgan fingerprint density at radius 1 is 1.59 bits per heavy atom. The third-order valence-electron chi connectivity index (χ3n) is 2.07. The van der Waals surface area contributed by atoms with Gasteiger partial charge >= 0.3 is 5.97 Å². The van der Waals surface area contributed by atoms with E-state index in [4.69, 9.17) is 10.5 Å². The van der Waals surface area contributed by atoms with Crippen LogP contribution >= 0.6 is 0 Å². The molecule has 0 radical (unpaired) electrons. The van der Waals surface area contributed by atoms with Crippen molar-refractivity contribution in [3.8, 4) is 0 Å². The number of carbonyl (C=O) groups is 1. The quantitative estimate of drug-likeness (QED) is 0.466. The smallest absolute Gasteiger partial charge is 0.338 e. The van der Waals surface area contributed by atoms with E-state index in [2.05, 4.69) is 11.9 Å². The van der Waals surface area contributed by atoms with Gasteiger partial charge in [-0.1, -0.05) is 6.08 Å². The second-order valence-corrected chi connectivity index (χ2v) is 3.93. The summed E-state index contributed by atoms with van der Waals surface area (Å²) in [6.45, 7) is 7.85. The highest BCUT2D eigenvalue weighted by molar-refractivity contribution is 5.92. The number of nitrogens with one attached hydrogen (secondary N) is 1. The van der Waals surface area contributed by atoms with Crippen molar-refractivity contribution < 1.29 is 9.53 Å². The SMILES string of the molecule is C=CCNc1ccc(C(=O)OC(C)C)cc1N. The van der Waals surface area contributed by atoms with E-state index in [-0.39, 0.29) is 12.1 Å². The Balaban J connectivity index is 2.80. The molecule has 17 heavy (non-hydrogen) atoms. The van der Waals surface area contributed by atoms with Crippen molar-refractivity contribution in [2.45, 2.75) is 20.0 Å². The van der Waals surface area contributed by atoms with E-state index in [9.17, 15) is 4.79 Å². The summed E-state index contributed by atoms with van der Waals surface area (Å²) in [5.74, 6) is -0.359. The van der Waals surface area contributed by atoms with Crippen LogP contribution in [-0.4, -0.2) is 18.6 Å². The Kier molecular flexibility index (Phi) is 4.57. The minimum Gasteiger partial charge on any atom is -0.459 e. The van der Waals surface area contributed by atoms with Gasteiger partial charge in [0.25, 0.3) is 0 Å². The van der Waals surface area contributed by atoms with Crippen molar-refractivity contribution in [1.29, 1.82) is 0 Å². The molecule has 0 unspecified atom stereocenters. The summed E-state index contributed by atoms with van der Waals surface area (Å²) in [6.07, 6.45) is 1.60. The lowest BCUT2D eigenvalue weighted by Gasteiger charge is -2.11. The molecule has 92 valence electrons. The van der Waals surface area contributed by atoms with Crippen LogP contribution in [0.1, 0.15) is 24.2 Å². The van der Waals surface area contributed by atoms with Gasteiger partial charge in [-0.2, -0.15) is 0 Å². The van der Waals surface area contributed by atoms with Crippen LogP contribution in [-0.2, 0) is 4.74 Å². The third kappa shape index (κ3) is 3.83. The number of hydrogen-bond donors (Lipinski definition) is 2. The first kappa shape index (κ1) is 13.1. The van der Waals surface area contributed by atoms with Crippen LogP contribution in [0.3, 0.4) is 0 Å². The Labute approximate surface area is 101 Å². The molecule has 1 aromatic rings. The molecular formula is C13H18N2O2. The maximum absolute atomic E-state index is 11.6. The Hall–Kier alpha value is -1.97. The third-order valence-corrected chi connectivity index (χ3v) is 2.07. The van der Waals surface area contributed by atoms with E-state index in [0.29, 0.717) is 17.8 Å². The van der Waals surface area contributed by atoms with E-state index >= 15 is 0 Å². The average molecular weight is 234 g/mol. The Morgan fingerprint density at radius 3 is 2.82 bits per heavy atom. The summed E-state index contributed by atoms with van der Waals surface area (Å²) < 4.78 is 5.08. The number of esters is 1. The van der Waals surface area contributed by atoms with Crippen LogP contribution < -0.4 is 11.1 Å². The van der Waals surface area contributed by atoms with E-state index in [1.54, 1.807) is 38.1 Å². The minimum atomic E-state index is -0.359. The standard InChI is InChI=1S/C13H18N2O2/c1-4-7-15-12-6-5-10(8-11(12)14)13(16)17-9(2)3/h4-6,8-9,15H,1,7,14H2,2-3H3. The number of rotatable bonds is 5. The van der Waals surface area contributed by atoms with Crippen LogP contribution in [0.15, 0.2) is 30.9 Å². The molecule has 1 rings (SSSR count). The van der Waals surface area contributed by atoms with Gasteiger partial charge in [-0.3, -0.25) is 0 Å². The van der Waals surface area contributed by atoms with Crippen LogP contribution in [0.4, 0.5) is 11.4 Å². The normalized spacial score (nSPS) is 10.1. The first-order valence-electron chi connectivity index (χ1n) is 5.50. The number of benzene rings is 1. The highest BCUT2D eigenvalue weighted by Crippen LogP contribution is 2.20. The van der Waals surface area contributed by atoms with Crippen molar-refractivity contribution in [2.24, 2.45) is 0 Å². The molecule has 0 heterocycles. The van der Waals surface area contributed by atoms with Crippen LogP contribution in [0.5, 0.6) is 0 Å². The largest absolute Gasteiger partial charge is 0.459 e. The predicted molar refractivity (Wildman–Crippen MR) is 70.1 cm³/mol. The summed E-state index contributed by atoms with van der Waals surface area (Å²) in [4.78, 5) is 11.6. The lowest BCUT2D eigenvalue weighted by molar-refractivity contribution is 0.0378. The van der Waals surface area contributed by atoms with E-state index < -0.39 is 0 Å². The molecule has 4 heteroatoms. The fourth-order valence-electron chi connectivity index (χ4n) is 1.31. The summed E-state index contributed by atoms with van der Waals surface area (Å²) in [6, 6.07) is 5.05. The lowest BCUT2D eigenvalue weighted by atomic mass is 10.1. The summed E-state index contributed by atoms with van der Waals surface area (Å²) in [7, 11) is 0. The maximum Gasteiger partial charge on any atom is 0.338 e. The first-order valence-corrected chi connectivity index (χ1v) is 5.50. The zero-order chi connectivity index (χ0) is 12.8. The topological polar surface area (TPSA) is 64.3 Å². The first-order chi connectivity index (χ1) is 8.04. The fourth-order valence-corrected chi connectivity index (χ4v) is 1.31. The van der Waals surface area contributed by atoms with Gasteiger partial charge in [0.1, 0.15) is 0 Å². The van der Waals surface area contributed by atoms with Crippen molar-refractivity contribution in [3.05, 3.63) is 36.4 Å². The van der Waals surface area contributed by atoms with Crippen LogP contribution in [0.2, 0.25) is 0 Å². The number of ether oxygens (including phenoxy) is 1. The average Bonchev–Trinajstić information content (AvgIpc) is 2.26. The number of nitrogens with two attached hydrogens (primary N) is 1. The lowest BCUT2D eigenvalue weighted by Crippen LogP contribution is -2.12. The summed E-state index contributed by atoms with van der Waals surface area (Å²) in [5, 5.41) is 3.07. The van der Waals surface area contributed by atoms with E-state index in [1.807, 2.05) is 0 Å². The molecule has 3 N–H and O–H groups in total. The zero-order valence-electron chi connectivity index (χ0n) is 10.2. The van der Waals surface area contributed by atoms with Crippen molar-refractivity contribution in [1.82, 2.24) is 0 Å². The zero-order valence-corrected chi connectivity index (χ0v) is 10.2. The van der Waals surface area contributed by atoms with Gasteiger partial charge in [-0.25, -0.2) is 4.79 Å². The van der Waals surface area contributed by atoms with Crippen LogP contribution in [0.25, 0.3) is 0 Å². The maximum atomic E-state index is 11.6. The molecule has 0 saturated carbocycles. The second kappa shape index (κ2) is 5.94. The number of hydrogen-bond acceptors (Lipinski definition) is 4. The van der Waals surface area contributed by atoms with Gasteiger partial charge in [-0.05, 0) is 32.0 Å². The molecule has 4 nitrogen and oxygen atoms in total. The number of nitrogen functional groups attached to an aromatic ring is 1. The minimum absolute atomic E-state index is 0.137. The molecule has 0 fully saturated rings. The highest BCUT2D eigenvalue weighted by Gasteiger charge is 2.10. The van der Waals surface area contributed by atoms with Gasteiger partial charge in [0.05, 0.1) is 23.0 Å². The Bertz CT molecular complexity index is 414. The molecule has 0 aliphatic rings. The van der Waals surface area contributed by atoms with Crippen molar-refractivity contribution in [2.75, 3.05) is 17.6 Å². The Morgan fingerprint density at radius 2 is 2.29 bits per heavy atom. The highest BCUT2D eigenvalue weighted by atomic mass is 16.5.